The first-order valence-electron chi connectivity index (χ1n) is 6.36. The van der Waals surface area contributed by atoms with Crippen molar-refractivity contribution in [2.24, 2.45) is 11.7 Å². The van der Waals surface area contributed by atoms with Gasteiger partial charge in [0, 0.05) is 18.2 Å². The average molecular weight is 283 g/mol. The van der Waals surface area contributed by atoms with Crippen LogP contribution in [0, 0.1) is 5.92 Å². The third kappa shape index (κ3) is 2.62. The van der Waals surface area contributed by atoms with E-state index in [9.17, 15) is 0 Å². The lowest BCUT2D eigenvalue weighted by molar-refractivity contribution is 0.363. The topological polar surface area (TPSA) is 29.3 Å². The zero-order chi connectivity index (χ0) is 13.3. The number of anilines is 1. The van der Waals surface area contributed by atoms with Gasteiger partial charge in [0.25, 0.3) is 0 Å². The minimum Gasteiger partial charge on any atom is -0.389 e. The predicted octanol–water partition coefficient (Wildman–Crippen LogP) is 3.60. The van der Waals surface area contributed by atoms with Gasteiger partial charge in [-0.2, -0.15) is 0 Å². The fourth-order valence-corrected chi connectivity index (χ4v) is 2.98. The summed E-state index contributed by atoms with van der Waals surface area (Å²) in [6, 6.07) is 6.37. The van der Waals surface area contributed by atoms with Crippen molar-refractivity contribution < 1.29 is 0 Å². The highest BCUT2D eigenvalue weighted by Gasteiger charge is 2.26. The molecule has 2 unspecified atom stereocenters. The molecule has 18 heavy (non-hydrogen) atoms. The second-order valence-corrected chi connectivity index (χ2v) is 5.93. The van der Waals surface area contributed by atoms with Crippen LogP contribution in [0.25, 0.3) is 0 Å². The van der Waals surface area contributed by atoms with Crippen molar-refractivity contribution in [2.45, 2.75) is 32.7 Å². The fraction of sp³-hybridized carbons (Fsp3) is 0.500. The summed E-state index contributed by atoms with van der Waals surface area (Å²) < 4.78 is 0. The highest BCUT2D eigenvalue weighted by molar-refractivity contribution is 7.80. The summed E-state index contributed by atoms with van der Waals surface area (Å²) in [5.41, 5.74) is 7.54. The highest BCUT2D eigenvalue weighted by Crippen LogP contribution is 2.33. The molecule has 1 aliphatic rings. The number of hydrogen-bond acceptors (Lipinski definition) is 2. The lowest BCUT2D eigenvalue weighted by Gasteiger charge is -2.40. The number of thiocarbonyl (C=S) groups is 1. The summed E-state index contributed by atoms with van der Waals surface area (Å²) in [4.78, 5) is 2.78. The standard InChI is InChI=1S/C14H19ClN2S/c1-9-4-3-7-17(10(9)2)13-6-5-11(14(16)18)8-12(13)15/h5-6,8-10H,3-4,7H2,1-2H3,(H2,16,18). The lowest BCUT2D eigenvalue weighted by Crippen LogP contribution is -2.42. The SMILES string of the molecule is CC1CCCN(c2ccc(C(N)=S)cc2Cl)C1C. The van der Waals surface area contributed by atoms with Crippen molar-refractivity contribution in [3.63, 3.8) is 0 Å². The Morgan fingerprint density at radius 3 is 2.78 bits per heavy atom. The van der Waals surface area contributed by atoms with Gasteiger partial charge in [-0.3, -0.25) is 0 Å². The smallest absolute Gasteiger partial charge is 0.104 e. The second kappa shape index (κ2) is 5.45. The van der Waals surface area contributed by atoms with Crippen molar-refractivity contribution >= 4 is 34.5 Å². The minimum absolute atomic E-state index is 0.392. The number of hydrogen-bond donors (Lipinski definition) is 1. The highest BCUT2D eigenvalue weighted by atomic mass is 35.5. The first-order chi connectivity index (χ1) is 8.50. The van der Waals surface area contributed by atoms with Crippen molar-refractivity contribution in [1.82, 2.24) is 0 Å². The van der Waals surface area contributed by atoms with Crippen LogP contribution in [0.15, 0.2) is 18.2 Å². The molecule has 0 radical (unpaired) electrons. The largest absolute Gasteiger partial charge is 0.389 e. The van der Waals surface area contributed by atoms with Crippen molar-refractivity contribution in [3.05, 3.63) is 28.8 Å². The number of halogens is 1. The fourth-order valence-electron chi connectivity index (χ4n) is 2.57. The quantitative estimate of drug-likeness (QED) is 0.841. The number of benzene rings is 1. The van der Waals surface area contributed by atoms with E-state index in [0.29, 0.717) is 16.9 Å². The van der Waals surface area contributed by atoms with Crippen LogP contribution in [0.2, 0.25) is 5.02 Å². The third-order valence-corrected chi connectivity index (χ3v) is 4.45. The molecule has 0 bridgehead atoms. The molecule has 2 N–H and O–H groups in total. The van der Waals surface area contributed by atoms with Gasteiger partial charge >= 0.3 is 0 Å². The van der Waals surface area contributed by atoms with E-state index in [1.54, 1.807) is 0 Å². The molecule has 1 saturated heterocycles. The van der Waals surface area contributed by atoms with Crippen LogP contribution >= 0.6 is 23.8 Å². The Labute approximate surface area is 119 Å². The zero-order valence-corrected chi connectivity index (χ0v) is 12.4. The zero-order valence-electron chi connectivity index (χ0n) is 10.8. The summed E-state index contributed by atoms with van der Waals surface area (Å²) in [5, 5.41) is 0.737. The Morgan fingerprint density at radius 2 is 2.17 bits per heavy atom. The van der Waals surface area contributed by atoms with E-state index >= 15 is 0 Å². The Balaban J connectivity index is 2.30. The molecule has 0 saturated carbocycles. The average Bonchev–Trinajstić information content (AvgIpc) is 2.33. The van der Waals surface area contributed by atoms with Crippen LogP contribution in [-0.2, 0) is 0 Å². The molecule has 1 aliphatic heterocycles. The first kappa shape index (κ1) is 13.6. The molecule has 2 nitrogen and oxygen atoms in total. The van der Waals surface area contributed by atoms with Gasteiger partial charge in [0.2, 0.25) is 0 Å². The van der Waals surface area contributed by atoms with E-state index in [4.69, 9.17) is 29.6 Å². The predicted molar refractivity (Wildman–Crippen MR) is 82.5 cm³/mol. The molecule has 2 rings (SSSR count). The van der Waals surface area contributed by atoms with E-state index in [1.807, 2.05) is 18.2 Å². The minimum atomic E-state index is 0.392. The summed E-state index contributed by atoms with van der Waals surface area (Å²) in [7, 11) is 0. The lowest BCUT2D eigenvalue weighted by atomic mass is 9.91. The summed E-state index contributed by atoms with van der Waals surface area (Å²) >= 11 is 11.3. The number of rotatable bonds is 2. The molecule has 98 valence electrons. The normalized spacial score (nSPS) is 24.1. The number of nitrogens with zero attached hydrogens (tertiary/aromatic N) is 1. The number of nitrogens with two attached hydrogens (primary N) is 1. The van der Waals surface area contributed by atoms with E-state index in [0.717, 1.165) is 22.8 Å². The van der Waals surface area contributed by atoms with Crippen LogP contribution in [0.3, 0.4) is 0 Å². The van der Waals surface area contributed by atoms with E-state index in [1.165, 1.54) is 12.8 Å². The molecule has 0 aromatic heterocycles. The van der Waals surface area contributed by atoms with Crippen LogP contribution in [-0.4, -0.2) is 17.6 Å². The van der Waals surface area contributed by atoms with E-state index in [-0.39, 0.29) is 0 Å². The molecule has 1 heterocycles. The Hall–Kier alpha value is -0.800. The maximum Gasteiger partial charge on any atom is 0.104 e. The summed E-state index contributed by atoms with van der Waals surface area (Å²) in [6.45, 7) is 5.63. The van der Waals surface area contributed by atoms with Gasteiger partial charge in [-0.15, -0.1) is 0 Å². The van der Waals surface area contributed by atoms with E-state index < -0.39 is 0 Å². The maximum absolute atomic E-state index is 6.36. The van der Waals surface area contributed by atoms with Gasteiger partial charge in [-0.25, -0.2) is 0 Å². The molecule has 1 aromatic carbocycles. The molecule has 0 aliphatic carbocycles. The molecule has 2 atom stereocenters. The molecule has 0 spiro atoms. The van der Waals surface area contributed by atoms with Crippen LogP contribution < -0.4 is 10.6 Å². The van der Waals surface area contributed by atoms with Gasteiger partial charge in [0.1, 0.15) is 4.99 Å². The summed E-state index contributed by atoms with van der Waals surface area (Å²) in [5.74, 6) is 0.699. The second-order valence-electron chi connectivity index (χ2n) is 5.08. The van der Waals surface area contributed by atoms with Crippen LogP contribution in [0.5, 0.6) is 0 Å². The molecule has 0 amide bonds. The maximum atomic E-state index is 6.36. The van der Waals surface area contributed by atoms with Gasteiger partial charge in [0.05, 0.1) is 10.7 Å². The Bertz CT molecular complexity index is 461. The molecule has 4 heteroatoms. The Kier molecular flexibility index (Phi) is 4.13. The van der Waals surface area contributed by atoms with Gasteiger partial charge in [0.15, 0.2) is 0 Å². The van der Waals surface area contributed by atoms with Gasteiger partial charge < -0.3 is 10.6 Å². The van der Waals surface area contributed by atoms with E-state index in [2.05, 4.69) is 18.7 Å². The van der Waals surface area contributed by atoms with Crippen LogP contribution in [0.4, 0.5) is 5.69 Å². The third-order valence-electron chi connectivity index (χ3n) is 3.92. The molecule has 1 fully saturated rings. The molecule has 1 aromatic rings. The van der Waals surface area contributed by atoms with Crippen molar-refractivity contribution in [3.8, 4) is 0 Å². The van der Waals surface area contributed by atoms with Gasteiger partial charge in [-0.05, 0) is 43.9 Å². The number of piperidine rings is 1. The summed E-state index contributed by atoms with van der Waals surface area (Å²) in [6.07, 6.45) is 2.51. The van der Waals surface area contributed by atoms with Crippen LogP contribution in [0.1, 0.15) is 32.3 Å². The molecular weight excluding hydrogens is 264 g/mol. The molecular formula is C14H19ClN2S. The monoisotopic (exact) mass is 282 g/mol. The Morgan fingerprint density at radius 1 is 1.44 bits per heavy atom. The first-order valence-corrected chi connectivity index (χ1v) is 7.15. The van der Waals surface area contributed by atoms with Crippen molar-refractivity contribution in [2.75, 3.05) is 11.4 Å². The van der Waals surface area contributed by atoms with Gasteiger partial charge in [-0.1, -0.05) is 30.7 Å². The van der Waals surface area contributed by atoms with Crippen molar-refractivity contribution in [1.29, 1.82) is 0 Å².